The van der Waals surface area contributed by atoms with Crippen molar-refractivity contribution in [3.05, 3.63) is 32.4 Å². The number of carbonyl (C=O) groups excluding carboxylic acids is 2. The normalized spacial score (nSPS) is 18.1. The van der Waals surface area contributed by atoms with Gasteiger partial charge in [0.25, 0.3) is 5.91 Å². The van der Waals surface area contributed by atoms with Gasteiger partial charge in [-0.15, -0.1) is 0 Å². The van der Waals surface area contributed by atoms with Gasteiger partial charge in [0.05, 0.1) is 17.1 Å². The molecule has 0 spiro atoms. The highest BCUT2D eigenvalue weighted by Gasteiger charge is 2.25. The molecule has 20 heavy (non-hydrogen) atoms. The van der Waals surface area contributed by atoms with Crippen LogP contribution in [0.15, 0.2) is 18.2 Å². The third kappa shape index (κ3) is 3.63. The molecule has 108 valence electrons. The SMILES string of the molecule is C[C@@H]1CCCN1C(=O)CNC(=O)c1ccc(I)cc1Cl. The maximum Gasteiger partial charge on any atom is 0.253 e. The molecule has 0 saturated carbocycles. The molecule has 1 fully saturated rings. The van der Waals surface area contributed by atoms with Gasteiger partial charge in [-0.25, -0.2) is 0 Å². The molecule has 0 unspecified atom stereocenters. The van der Waals surface area contributed by atoms with Crippen LogP contribution >= 0.6 is 34.2 Å². The van der Waals surface area contributed by atoms with E-state index >= 15 is 0 Å². The van der Waals surface area contributed by atoms with Crippen LogP contribution in [0.25, 0.3) is 0 Å². The van der Waals surface area contributed by atoms with Crippen LogP contribution in [-0.2, 0) is 4.79 Å². The first-order valence-corrected chi connectivity index (χ1v) is 7.97. The maximum absolute atomic E-state index is 12.0. The summed E-state index contributed by atoms with van der Waals surface area (Å²) in [6, 6.07) is 5.47. The molecule has 0 bridgehead atoms. The van der Waals surface area contributed by atoms with Gasteiger partial charge in [-0.1, -0.05) is 11.6 Å². The van der Waals surface area contributed by atoms with E-state index < -0.39 is 0 Å². The molecule has 1 aliphatic rings. The molecule has 2 amide bonds. The zero-order chi connectivity index (χ0) is 14.7. The molecule has 0 aliphatic carbocycles. The van der Waals surface area contributed by atoms with E-state index in [9.17, 15) is 9.59 Å². The van der Waals surface area contributed by atoms with Crippen LogP contribution in [-0.4, -0.2) is 35.8 Å². The summed E-state index contributed by atoms with van der Waals surface area (Å²) < 4.78 is 0.964. The summed E-state index contributed by atoms with van der Waals surface area (Å²) in [5.41, 5.74) is 0.398. The Morgan fingerprint density at radius 3 is 2.85 bits per heavy atom. The third-order valence-electron chi connectivity index (χ3n) is 3.45. The maximum atomic E-state index is 12.0. The van der Waals surface area contributed by atoms with E-state index in [1.54, 1.807) is 12.1 Å². The van der Waals surface area contributed by atoms with Gasteiger partial charge in [0.2, 0.25) is 5.91 Å². The number of amides is 2. The first-order chi connectivity index (χ1) is 9.49. The van der Waals surface area contributed by atoms with Gasteiger partial charge < -0.3 is 10.2 Å². The van der Waals surface area contributed by atoms with Gasteiger partial charge >= 0.3 is 0 Å². The van der Waals surface area contributed by atoms with E-state index in [4.69, 9.17) is 11.6 Å². The van der Waals surface area contributed by atoms with Gasteiger partial charge in [0.1, 0.15) is 0 Å². The molecule has 6 heteroatoms. The van der Waals surface area contributed by atoms with Crippen molar-refractivity contribution in [1.82, 2.24) is 10.2 Å². The van der Waals surface area contributed by atoms with Gasteiger partial charge in [-0.3, -0.25) is 9.59 Å². The second-order valence-electron chi connectivity index (χ2n) is 4.89. The predicted octanol–water partition coefficient (Wildman–Crippen LogP) is 2.69. The third-order valence-corrected chi connectivity index (χ3v) is 4.43. The van der Waals surface area contributed by atoms with E-state index in [-0.39, 0.29) is 24.4 Å². The van der Waals surface area contributed by atoms with E-state index in [0.29, 0.717) is 10.6 Å². The minimum Gasteiger partial charge on any atom is -0.343 e. The zero-order valence-electron chi connectivity index (χ0n) is 11.2. The van der Waals surface area contributed by atoms with Crippen LogP contribution in [0.4, 0.5) is 0 Å². The smallest absolute Gasteiger partial charge is 0.253 e. The molecule has 0 aromatic heterocycles. The Bertz CT molecular complexity index is 536. The summed E-state index contributed by atoms with van der Waals surface area (Å²) >= 11 is 8.16. The van der Waals surface area contributed by atoms with Crippen LogP contribution in [0, 0.1) is 3.57 Å². The molecular formula is C14H16ClIN2O2. The molecule has 1 saturated heterocycles. The molecule has 2 rings (SSSR count). The molecule has 1 heterocycles. The highest BCUT2D eigenvalue weighted by atomic mass is 127. The van der Waals surface area contributed by atoms with Crippen molar-refractivity contribution >= 4 is 46.0 Å². The highest BCUT2D eigenvalue weighted by molar-refractivity contribution is 14.1. The number of hydrogen-bond donors (Lipinski definition) is 1. The van der Waals surface area contributed by atoms with Crippen molar-refractivity contribution in [3.63, 3.8) is 0 Å². The van der Waals surface area contributed by atoms with E-state index in [1.165, 1.54) is 0 Å². The largest absolute Gasteiger partial charge is 0.343 e. The Balaban J connectivity index is 1.93. The Morgan fingerprint density at radius 1 is 1.50 bits per heavy atom. The number of rotatable bonds is 3. The van der Waals surface area contributed by atoms with Crippen LogP contribution < -0.4 is 5.32 Å². The minimum atomic E-state index is -0.313. The molecule has 1 atom stereocenters. The van der Waals surface area contributed by atoms with E-state index in [2.05, 4.69) is 27.9 Å². The van der Waals surface area contributed by atoms with Crippen molar-refractivity contribution in [3.8, 4) is 0 Å². The van der Waals surface area contributed by atoms with Crippen molar-refractivity contribution in [2.75, 3.05) is 13.1 Å². The van der Waals surface area contributed by atoms with Crippen molar-refractivity contribution in [2.45, 2.75) is 25.8 Å². The number of nitrogens with one attached hydrogen (secondary N) is 1. The molecule has 1 aromatic rings. The van der Waals surface area contributed by atoms with Gasteiger partial charge in [-0.05, 0) is 60.6 Å². The highest BCUT2D eigenvalue weighted by Crippen LogP contribution is 2.19. The fourth-order valence-corrected chi connectivity index (χ4v) is 3.27. The minimum absolute atomic E-state index is 0.0193. The summed E-state index contributed by atoms with van der Waals surface area (Å²) in [6.45, 7) is 2.83. The van der Waals surface area contributed by atoms with Crippen LogP contribution in [0.2, 0.25) is 5.02 Å². The van der Waals surface area contributed by atoms with E-state index in [0.717, 1.165) is 23.0 Å². The molecule has 1 aromatic carbocycles. The Hall–Kier alpha value is -0.820. The van der Waals surface area contributed by atoms with Crippen molar-refractivity contribution in [2.24, 2.45) is 0 Å². The van der Waals surface area contributed by atoms with Gasteiger partial charge in [-0.2, -0.15) is 0 Å². The first kappa shape index (κ1) is 15.6. The molecular weight excluding hydrogens is 391 g/mol. The topological polar surface area (TPSA) is 49.4 Å². The quantitative estimate of drug-likeness (QED) is 0.785. The standard InChI is InChI=1S/C14H16ClIN2O2/c1-9-3-2-6-18(9)13(19)8-17-14(20)11-5-4-10(16)7-12(11)15/h4-5,7,9H,2-3,6,8H2,1H3,(H,17,20)/t9-/m1/s1. The summed E-state index contributed by atoms with van der Waals surface area (Å²) in [4.78, 5) is 25.8. The molecule has 1 N–H and O–H groups in total. The summed E-state index contributed by atoms with van der Waals surface area (Å²) in [5.74, 6) is -0.350. The van der Waals surface area contributed by atoms with E-state index in [1.807, 2.05) is 17.9 Å². The molecule has 0 radical (unpaired) electrons. The summed E-state index contributed by atoms with van der Waals surface area (Å²) in [5, 5.41) is 3.04. The summed E-state index contributed by atoms with van der Waals surface area (Å²) in [7, 11) is 0. The number of hydrogen-bond acceptors (Lipinski definition) is 2. The summed E-state index contributed by atoms with van der Waals surface area (Å²) in [6.07, 6.45) is 2.06. The predicted molar refractivity (Wildman–Crippen MR) is 86.9 cm³/mol. The van der Waals surface area contributed by atoms with Crippen molar-refractivity contribution < 1.29 is 9.59 Å². The Labute approximate surface area is 137 Å². The number of benzene rings is 1. The molecule has 1 aliphatic heterocycles. The average molecular weight is 407 g/mol. The Morgan fingerprint density at radius 2 is 2.25 bits per heavy atom. The fourth-order valence-electron chi connectivity index (χ4n) is 2.33. The Kier molecular flexibility index (Phi) is 5.26. The lowest BCUT2D eigenvalue weighted by atomic mass is 10.2. The first-order valence-electron chi connectivity index (χ1n) is 6.51. The number of carbonyl (C=O) groups is 2. The van der Waals surface area contributed by atoms with Crippen molar-refractivity contribution in [1.29, 1.82) is 0 Å². The lowest BCUT2D eigenvalue weighted by Gasteiger charge is -2.21. The second-order valence-corrected chi connectivity index (χ2v) is 6.54. The lowest BCUT2D eigenvalue weighted by Crippen LogP contribution is -2.41. The average Bonchev–Trinajstić information content (AvgIpc) is 2.82. The van der Waals surface area contributed by atoms with Crippen LogP contribution in [0.1, 0.15) is 30.1 Å². The number of likely N-dealkylation sites (tertiary alicyclic amines) is 1. The van der Waals surface area contributed by atoms with Crippen LogP contribution in [0.3, 0.4) is 0 Å². The zero-order valence-corrected chi connectivity index (χ0v) is 14.1. The monoisotopic (exact) mass is 406 g/mol. The van der Waals surface area contributed by atoms with Gasteiger partial charge in [0.15, 0.2) is 0 Å². The lowest BCUT2D eigenvalue weighted by molar-refractivity contribution is -0.130. The van der Waals surface area contributed by atoms with Gasteiger partial charge in [0, 0.05) is 16.2 Å². The van der Waals surface area contributed by atoms with Crippen LogP contribution in [0.5, 0.6) is 0 Å². The molecule has 4 nitrogen and oxygen atoms in total. The number of nitrogens with zero attached hydrogens (tertiary/aromatic N) is 1. The fraction of sp³-hybridized carbons (Fsp3) is 0.429. The second kappa shape index (κ2) is 6.76. The number of halogens is 2.